The fourth-order valence-electron chi connectivity index (χ4n) is 6.36. The third-order valence-corrected chi connectivity index (χ3v) is 7.58. The van der Waals surface area contributed by atoms with E-state index in [-0.39, 0.29) is 29.6 Å². The van der Waals surface area contributed by atoms with Gasteiger partial charge in [0.05, 0.1) is 17.3 Å². The Morgan fingerprint density at radius 3 is 2.54 bits per heavy atom. The van der Waals surface area contributed by atoms with Crippen LogP contribution in [0.1, 0.15) is 59.8 Å². The zero-order valence-corrected chi connectivity index (χ0v) is 15.5. The highest BCUT2D eigenvalue weighted by molar-refractivity contribution is 5.86. The molecule has 2 saturated carbocycles. The van der Waals surface area contributed by atoms with Crippen molar-refractivity contribution in [1.29, 1.82) is 0 Å². The number of ketones is 1. The molecule has 1 aliphatic heterocycles. The van der Waals surface area contributed by atoms with Crippen LogP contribution in [-0.4, -0.2) is 39.9 Å². The summed E-state index contributed by atoms with van der Waals surface area (Å²) in [5.41, 5.74) is -2.02. The van der Waals surface area contributed by atoms with Gasteiger partial charge in [0, 0.05) is 30.8 Å². The fourth-order valence-corrected chi connectivity index (χ4v) is 6.36. The monoisotopic (exact) mass is 336 g/mol. The largest absolute Gasteiger partial charge is 0.396 e. The van der Waals surface area contributed by atoms with E-state index in [4.69, 9.17) is 4.74 Å². The van der Waals surface area contributed by atoms with Crippen LogP contribution in [0.15, 0.2) is 12.7 Å². The third kappa shape index (κ3) is 2.26. The molecule has 3 fully saturated rings. The number of aliphatic hydroxyl groups is 2. The molecule has 136 valence electrons. The van der Waals surface area contributed by atoms with E-state index < -0.39 is 22.7 Å². The van der Waals surface area contributed by atoms with Gasteiger partial charge in [-0.05, 0) is 44.4 Å². The Hall–Kier alpha value is -0.710. The lowest BCUT2D eigenvalue weighted by Crippen LogP contribution is -2.69. The van der Waals surface area contributed by atoms with Crippen molar-refractivity contribution in [3.63, 3.8) is 0 Å². The van der Waals surface area contributed by atoms with Crippen LogP contribution in [0.3, 0.4) is 0 Å². The number of ether oxygens (including phenoxy) is 1. The first-order valence-electron chi connectivity index (χ1n) is 9.21. The van der Waals surface area contributed by atoms with E-state index in [9.17, 15) is 15.0 Å². The molecule has 24 heavy (non-hydrogen) atoms. The van der Waals surface area contributed by atoms with E-state index in [2.05, 4.69) is 13.5 Å². The summed E-state index contributed by atoms with van der Waals surface area (Å²) in [5.74, 6) is 0.0651. The molecule has 0 bridgehead atoms. The highest BCUT2D eigenvalue weighted by Gasteiger charge is 2.67. The van der Waals surface area contributed by atoms with Crippen molar-refractivity contribution in [3.8, 4) is 0 Å². The number of carbonyl (C=O) groups is 1. The Morgan fingerprint density at radius 2 is 1.96 bits per heavy atom. The van der Waals surface area contributed by atoms with Crippen molar-refractivity contribution in [3.05, 3.63) is 12.7 Å². The maximum absolute atomic E-state index is 13.1. The predicted octanol–water partition coefficient (Wildman–Crippen LogP) is 2.87. The average Bonchev–Trinajstić information content (AvgIpc) is 2.50. The molecule has 0 aromatic rings. The summed E-state index contributed by atoms with van der Waals surface area (Å²) < 4.78 is 6.46. The van der Waals surface area contributed by atoms with Gasteiger partial charge in [-0.1, -0.05) is 19.9 Å². The van der Waals surface area contributed by atoms with Gasteiger partial charge < -0.3 is 14.9 Å². The molecule has 2 aliphatic carbocycles. The van der Waals surface area contributed by atoms with Crippen LogP contribution >= 0.6 is 0 Å². The number of rotatable bonds is 2. The second-order valence-electron chi connectivity index (χ2n) is 9.29. The van der Waals surface area contributed by atoms with Crippen LogP contribution in [0.4, 0.5) is 0 Å². The van der Waals surface area contributed by atoms with Crippen LogP contribution in [0, 0.1) is 22.7 Å². The lowest BCUT2D eigenvalue weighted by Gasteiger charge is -2.65. The molecule has 4 heteroatoms. The molecule has 7 atom stereocenters. The smallest absolute Gasteiger partial charge is 0.139 e. The minimum atomic E-state index is -0.648. The van der Waals surface area contributed by atoms with E-state index in [0.29, 0.717) is 12.8 Å². The summed E-state index contributed by atoms with van der Waals surface area (Å²) >= 11 is 0. The van der Waals surface area contributed by atoms with Crippen LogP contribution < -0.4 is 0 Å². The van der Waals surface area contributed by atoms with Gasteiger partial charge in [0.25, 0.3) is 0 Å². The Morgan fingerprint density at radius 1 is 1.29 bits per heavy atom. The fraction of sp³-hybridized carbons (Fsp3) is 0.850. The molecular weight excluding hydrogens is 304 g/mol. The average molecular weight is 336 g/mol. The van der Waals surface area contributed by atoms with E-state index in [1.807, 2.05) is 20.8 Å². The first-order chi connectivity index (χ1) is 11.0. The lowest BCUT2D eigenvalue weighted by atomic mass is 9.43. The van der Waals surface area contributed by atoms with Gasteiger partial charge in [0.15, 0.2) is 0 Å². The minimum absolute atomic E-state index is 0.0839. The SMILES string of the molecule is C=C[C@@]1(C)C[C@H](O)[C@@H]2[C@@]3(C)C(=O)CC[C@@](C)(CO)[C@@H]3CC[C@@]2(C)O1. The van der Waals surface area contributed by atoms with Crippen LogP contribution in [0.25, 0.3) is 0 Å². The van der Waals surface area contributed by atoms with Crippen molar-refractivity contribution in [2.24, 2.45) is 22.7 Å². The Kier molecular flexibility index (Phi) is 4.06. The van der Waals surface area contributed by atoms with Gasteiger partial charge in [-0.3, -0.25) is 4.79 Å². The maximum Gasteiger partial charge on any atom is 0.139 e. The quantitative estimate of drug-likeness (QED) is 0.761. The number of Topliss-reactive ketones (excluding diaryl/α,β-unsaturated/α-hetero) is 1. The molecule has 0 aromatic heterocycles. The van der Waals surface area contributed by atoms with E-state index >= 15 is 0 Å². The molecule has 3 rings (SSSR count). The molecule has 2 N–H and O–H groups in total. The van der Waals surface area contributed by atoms with Crippen molar-refractivity contribution in [2.45, 2.75) is 77.1 Å². The van der Waals surface area contributed by atoms with Crippen LogP contribution in [0.5, 0.6) is 0 Å². The molecule has 0 unspecified atom stereocenters. The predicted molar refractivity (Wildman–Crippen MR) is 92.5 cm³/mol. The standard InChI is InChI=1S/C20H32O4/c1-6-18(3)11-13(22)16-19(4,24-18)10-7-14-17(2,12-21)9-8-15(23)20(14,16)5/h6,13-14,16,21-22H,1,7-12H2,2-5H3/t13-,14-,16-,17-,18-,19+,20+/m0/s1. The molecule has 3 aliphatic rings. The van der Waals surface area contributed by atoms with Crippen LogP contribution in [-0.2, 0) is 9.53 Å². The first kappa shape index (κ1) is 18.1. The van der Waals surface area contributed by atoms with E-state index in [0.717, 1.165) is 19.3 Å². The molecule has 0 radical (unpaired) electrons. The zero-order chi connectivity index (χ0) is 18.0. The molecule has 1 saturated heterocycles. The highest BCUT2D eigenvalue weighted by Crippen LogP contribution is 2.64. The maximum atomic E-state index is 13.1. The summed E-state index contributed by atoms with van der Waals surface area (Å²) in [4.78, 5) is 13.1. The number of carbonyl (C=O) groups excluding carboxylic acids is 1. The van der Waals surface area contributed by atoms with Gasteiger partial charge in [0.1, 0.15) is 5.78 Å². The molecule has 0 spiro atoms. The molecular formula is C20H32O4. The second kappa shape index (κ2) is 5.39. The normalized spacial score (nSPS) is 54.8. The van der Waals surface area contributed by atoms with Gasteiger partial charge in [-0.15, -0.1) is 6.58 Å². The second-order valence-corrected chi connectivity index (χ2v) is 9.29. The van der Waals surface area contributed by atoms with Gasteiger partial charge in [0.2, 0.25) is 0 Å². The van der Waals surface area contributed by atoms with Crippen molar-refractivity contribution in [2.75, 3.05) is 6.61 Å². The Labute approximate surface area is 145 Å². The number of fused-ring (bicyclic) bond motifs is 3. The van der Waals surface area contributed by atoms with Crippen LogP contribution in [0.2, 0.25) is 0 Å². The van der Waals surface area contributed by atoms with Gasteiger partial charge in [-0.2, -0.15) is 0 Å². The summed E-state index contributed by atoms with van der Waals surface area (Å²) in [6.45, 7) is 12.1. The molecule has 0 aromatic carbocycles. The zero-order valence-electron chi connectivity index (χ0n) is 15.5. The Bertz CT molecular complexity index is 560. The lowest BCUT2D eigenvalue weighted by molar-refractivity contribution is -0.277. The highest BCUT2D eigenvalue weighted by atomic mass is 16.5. The van der Waals surface area contributed by atoms with E-state index in [1.54, 1.807) is 6.08 Å². The number of hydrogen-bond donors (Lipinski definition) is 2. The summed E-state index contributed by atoms with van der Waals surface area (Å²) in [7, 11) is 0. The summed E-state index contributed by atoms with van der Waals surface area (Å²) in [6, 6.07) is 0. The first-order valence-corrected chi connectivity index (χ1v) is 9.21. The summed E-state index contributed by atoms with van der Waals surface area (Å²) in [6.07, 6.45) is 4.46. The topological polar surface area (TPSA) is 66.8 Å². The Balaban J connectivity index is 2.08. The molecule has 1 heterocycles. The van der Waals surface area contributed by atoms with Gasteiger partial charge in [-0.25, -0.2) is 0 Å². The molecule has 0 amide bonds. The van der Waals surface area contributed by atoms with Crippen molar-refractivity contribution >= 4 is 5.78 Å². The van der Waals surface area contributed by atoms with Crippen molar-refractivity contribution < 1.29 is 19.7 Å². The minimum Gasteiger partial charge on any atom is -0.396 e. The number of aliphatic hydroxyl groups excluding tert-OH is 2. The number of hydrogen-bond acceptors (Lipinski definition) is 4. The van der Waals surface area contributed by atoms with Crippen molar-refractivity contribution in [1.82, 2.24) is 0 Å². The summed E-state index contributed by atoms with van der Waals surface area (Å²) in [5, 5.41) is 21.1. The van der Waals surface area contributed by atoms with Gasteiger partial charge >= 0.3 is 0 Å². The third-order valence-electron chi connectivity index (χ3n) is 7.58. The molecule has 4 nitrogen and oxygen atoms in total. The van der Waals surface area contributed by atoms with E-state index in [1.165, 1.54) is 0 Å².